The molecule has 1 unspecified atom stereocenters. The van der Waals surface area contributed by atoms with Crippen LogP contribution in [-0.2, 0) is 16.3 Å². The van der Waals surface area contributed by atoms with Crippen LogP contribution in [0.5, 0.6) is 0 Å². The van der Waals surface area contributed by atoms with Crippen LogP contribution < -0.4 is 5.73 Å². The lowest BCUT2D eigenvalue weighted by Crippen LogP contribution is -2.26. The molecule has 1 rings (SSSR count). The molecular weight excluding hydrogens is 248 g/mol. The zero-order valence-corrected chi connectivity index (χ0v) is 10.3. The largest absolute Gasteiger partial charge is 0.327 e. The first-order valence-electron chi connectivity index (χ1n) is 5.14. The molecule has 0 aromatic heterocycles. The Kier molecular flexibility index (Phi) is 4.59. The molecule has 2 N–H and O–H groups in total. The maximum absolute atomic E-state index is 12.9. The van der Waals surface area contributed by atoms with Gasteiger partial charge in [0, 0.05) is 18.4 Å². The van der Waals surface area contributed by atoms with Crippen molar-refractivity contribution < 1.29 is 17.2 Å². The van der Waals surface area contributed by atoms with E-state index in [0.29, 0.717) is 5.56 Å². The van der Waals surface area contributed by atoms with Gasteiger partial charge >= 0.3 is 0 Å². The van der Waals surface area contributed by atoms with Crippen LogP contribution in [0.3, 0.4) is 0 Å². The summed E-state index contributed by atoms with van der Waals surface area (Å²) in [6.07, 6.45) is 1.66. The van der Waals surface area contributed by atoms with Gasteiger partial charge in [0.25, 0.3) is 0 Å². The van der Waals surface area contributed by atoms with E-state index in [2.05, 4.69) is 0 Å². The van der Waals surface area contributed by atoms with Crippen molar-refractivity contribution in [2.75, 3.05) is 12.0 Å². The Balaban J connectivity index is 2.59. The van der Waals surface area contributed by atoms with Gasteiger partial charge in [-0.2, -0.15) is 0 Å². The van der Waals surface area contributed by atoms with E-state index in [4.69, 9.17) is 5.73 Å². The zero-order chi connectivity index (χ0) is 13.1. The topological polar surface area (TPSA) is 60.2 Å². The summed E-state index contributed by atoms with van der Waals surface area (Å²) in [6, 6.07) is 2.75. The standard InChI is InChI=1S/C11H15F2NO2S/c1-17(15,16)3-2-11(14)6-8-4-9(12)7-10(13)5-8/h4-5,7,11H,2-3,6,14H2,1H3. The molecule has 3 nitrogen and oxygen atoms in total. The number of hydrogen-bond donors (Lipinski definition) is 1. The maximum Gasteiger partial charge on any atom is 0.147 e. The van der Waals surface area contributed by atoms with Gasteiger partial charge in [0.05, 0.1) is 5.75 Å². The average molecular weight is 263 g/mol. The molecule has 1 atom stereocenters. The molecule has 0 aliphatic heterocycles. The highest BCUT2D eigenvalue weighted by Crippen LogP contribution is 2.10. The van der Waals surface area contributed by atoms with Gasteiger partial charge in [0.1, 0.15) is 21.5 Å². The smallest absolute Gasteiger partial charge is 0.147 e. The molecular formula is C11H15F2NO2S. The van der Waals surface area contributed by atoms with Crippen LogP contribution in [0.15, 0.2) is 18.2 Å². The molecule has 0 saturated carbocycles. The molecule has 0 spiro atoms. The second-order valence-corrected chi connectivity index (χ2v) is 6.42. The molecule has 0 heterocycles. The Morgan fingerprint density at radius 3 is 2.24 bits per heavy atom. The van der Waals surface area contributed by atoms with Gasteiger partial charge in [-0.3, -0.25) is 0 Å². The molecule has 1 aromatic rings. The fraction of sp³-hybridized carbons (Fsp3) is 0.455. The van der Waals surface area contributed by atoms with Gasteiger partial charge in [-0.15, -0.1) is 0 Å². The Morgan fingerprint density at radius 2 is 1.76 bits per heavy atom. The SMILES string of the molecule is CS(=O)(=O)CCC(N)Cc1cc(F)cc(F)c1. The lowest BCUT2D eigenvalue weighted by molar-refractivity contribution is 0.568. The van der Waals surface area contributed by atoms with Crippen molar-refractivity contribution >= 4 is 9.84 Å². The van der Waals surface area contributed by atoms with E-state index in [0.717, 1.165) is 12.3 Å². The first-order chi connectivity index (χ1) is 7.76. The van der Waals surface area contributed by atoms with E-state index in [9.17, 15) is 17.2 Å². The third-order valence-electron chi connectivity index (χ3n) is 2.28. The van der Waals surface area contributed by atoms with Crippen molar-refractivity contribution in [3.05, 3.63) is 35.4 Å². The minimum atomic E-state index is -3.06. The first kappa shape index (κ1) is 14.1. The predicted molar refractivity (Wildman–Crippen MR) is 62.4 cm³/mol. The van der Waals surface area contributed by atoms with Crippen molar-refractivity contribution in [3.8, 4) is 0 Å². The Hall–Kier alpha value is -1.01. The lowest BCUT2D eigenvalue weighted by atomic mass is 10.0. The monoisotopic (exact) mass is 263 g/mol. The zero-order valence-electron chi connectivity index (χ0n) is 9.49. The summed E-state index contributed by atoms with van der Waals surface area (Å²) in [5.74, 6) is -1.34. The fourth-order valence-electron chi connectivity index (χ4n) is 1.50. The third kappa shape index (κ3) is 5.74. The van der Waals surface area contributed by atoms with Gasteiger partial charge in [-0.05, 0) is 30.5 Å². The van der Waals surface area contributed by atoms with Gasteiger partial charge in [-0.25, -0.2) is 17.2 Å². The van der Waals surface area contributed by atoms with Crippen LogP contribution in [0.1, 0.15) is 12.0 Å². The predicted octanol–water partition coefficient (Wildman–Crippen LogP) is 1.27. The molecule has 1 aromatic carbocycles. The van der Waals surface area contributed by atoms with Crippen LogP contribution >= 0.6 is 0 Å². The normalized spacial score (nSPS) is 13.6. The van der Waals surface area contributed by atoms with Crippen molar-refractivity contribution in [3.63, 3.8) is 0 Å². The first-order valence-corrected chi connectivity index (χ1v) is 7.20. The van der Waals surface area contributed by atoms with Crippen molar-refractivity contribution in [2.24, 2.45) is 5.73 Å². The van der Waals surface area contributed by atoms with E-state index in [-0.39, 0.29) is 18.6 Å². The highest BCUT2D eigenvalue weighted by atomic mass is 32.2. The Morgan fingerprint density at radius 1 is 1.24 bits per heavy atom. The molecule has 0 amide bonds. The molecule has 0 aliphatic rings. The highest BCUT2D eigenvalue weighted by molar-refractivity contribution is 7.90. The van der Waals surface area contributed by atoms with Crippen LogP contribution in [0, 0.1) is 11.6 Å². The summed E-state index contributed by atoms with van der Waals surface area (Å²) in [5.41, 5.74) is 6.14. The van der Waals surface area contributed by atoms with Gasteiger partial charge in [-0.1, -0.05) is 0 Å². The van der Waals surface area contributed by atoms with Crippen LogP contribution in [0.4, 0.5) is 8.78 Å². The number of nitrogens with two attached hydrogens (primary N) is 1. The van der Waals surface area contributed by atoms with Gasteiger partial charge in [0.2, 0.25) is 0 Å². The lowest BCUT2D eigenvalue weighted by Gasteiger charge is -2.11. The summed E-state index contributed by atoms with van der Waals surface area (Å²) in [6.45, 7) is 0. The summed E-state index contributed by atoms with van der Waals surface area (Å²) in [4.78, 5) is 0. The summed E-state index contributed by atoms with van der Waals surface area (Å²) < 4.78 is 47.6. The van der Waals surface area contributed by atoms with Crippen LogP contribution in [0.25, 0.3) is 0 Å². The number of halogens is 2. The van der Waals surface area contributed by atoms with Crippen molar-refractivity contribution in [1.29, 1.82) is 0 Å². The van der Waals surface area contributed by atoms with E-state index in [1.54, 1.807) is 0 Å². The van der Waals surface area contributed by atoms with Crippen molar-refractivity contribution in [1.82, 2.24) is 0 Å². The number of hydrogen-bond acceptors (Lipinski definition) is 3. The Bertz CT molecular complexity index is 468. The van der Waals surface area contributed by atoms with Gasteiger partial charge < -0.3 is 5.73 Å². The average Bonchev–Trinajstić information content (AvgIpc) is 2.11. The maximum atomic E-state index is 12.9. The van der Waals surface area contributed by atoms with Crippen LogP contribution in [-0.4, -0.2) is 26.5 Å². The van der Waals surface area contributed by atoms with E-state index < -0.39 is 27.5 Å². The second-order valence-electron chi connectivity index (χ2n) is 4.16. The summed E-state index contributed by atoms with van der Waals surface area (Å²) in [7, 11) is -3.06. The number of rotatable bonds is 5. The third-order valence-corrected chi connectivity index (χ3v) is 3.26. The molecule has 0 aliphatic carbocycles. The second kappa shape index (κ2) is 5.55. The minimum absolute atomic E-state index is 0.0219. The molecule has 0 saturated heterocycles. The molecule has 6 heteroatoms. The fourth-order valence-corrected chi connectivity index (χ4v) is 2.23. The quantitative estimate of drug-likeness (QED) is 0.870. The number of sulfone groups is 1. The minimum Gasteiger partial charge on any atom is -0.327 e. The van der Waals surface area contributed by atoms with E-state index in [1.807, 2.05) is 0 Å². The molecule has 0 fully saturated rings. The highest BCUT2D eigenvalue weighted by Gasteiger charge is 2.10. The molecule has 0 bridgehead atoms. The summed E-state index contributed by atoms with van der Waals surface area (Å²) in [5, 5.41) is 0. The molecule has 96 valence electrons. The Labute approximate surface area is 99.6 Å². The van der Waals surface area contributed by atoms with E-state index in [1.165, 1.54) is 12.1 Å². The number of benzene rings is 1. The van der Waals surface area contributed by atoms with E-state index >= 15 is 0 Å². The molecule has 17 heavy (non-hydrogen) atoms. The molecule has 0 radical (unpaired) electrons. The van der Waals surface area contributed by atoms with Crippen molar-refractivity contribution in [2.45, 2.75) is 18.9 Å². The van der Waals surface area contributed by atoms with Crippen LogP contribution in [0.2, 0.25) is 0 Å². The summed E-state index contributed by atoms with van der Waals surface area (Å²) >= 11 is 0. The van der Waals surface area contributed by atoms with Gasteiger partial charge in [0.15, 0.2) is 0 Å².